The Balaban J connectivity index is 3.18. The summed E-state index contributed by atoms with van der Waals surface area (Å²) >= 11 is 0. The van der Waals surface area contributed by atoms with Crippen LogP contribution in [-0.4, -0.2) is 10.4 Å². The van der Waals surface area contributed by atoms with Crippen LogP contribution < -0.4 is 5.43 Å². The van der Waals surface area contributed by atoms with Crippen LogP contribution in [0, 0.1) is 27.7 Å². The SMILES string of the molecule is CC(=O)c1c(C)n(C)c2cc(C)c(C)c(C)c2c1=O. The van der Waals surface area contributed by atoms with E-state index in [4.69, 9.17) is 0 Å². The van der Waals surface area contributed by atoms with Crippen LogP contribution in [0.5, 0.6) is 0 Å². The van der Waals surface area contributed by atoms with Crippen LogP contribution >= 0.6 is 0 Å². The lowest BCUT2D eigenvalue weighted by Crippen LogP contribution is -2.21. The summed E-state index contributed by atoms with van der Waals surface area (Å²) in [5.74, 6) is -0.169. The number of fused-ring (bicyclic) bond motifs is 1. The molecule has 0 bridgehead atoms. The number of aromatic nitrogens is 1. The minimum absolute atomic E-state index is 0.140. The van der Waals surface area contributed by atoms with Gasteiger partial charge in [-0.25, -0.2) is 0 Å². The molecular weight excluding hydrogens is 238 g/mol. The summed E-state index contributed by atoms with van der Waals surface area (Å²) in [6.07, 6.45) is 0. The lowest BCUT2D eigenvalue weighted by atomic mass is 9.96. The first-order chi connectivity index (χ1) is 8.77. The van der Waals surface area contributed by atoms with Crippen molar-refractivity contribution in [2.45, 2.75) is 34.6 Å². The number of aryl methyl sites for hydroxylation is 3. The van der Waals surface area contributed by atoms with Crippen molar-refractivity contribution in [3.8, 4) is 0 Å². The number of ketones is 1. The minimum atomic E-state index is -0.169. The van der Waals surface area contributed by atoms with Gasteiger partial charge in [0.05, 0.1) is 11.1 Å². The first-order valence-electron chi connectivity index (χ1n) is 6.38. The zero-order chi connectivity index (χ0) is 14.5. The van der Waals surface area contributed by atoms with Crippen molar-refractivity contribution in [3.63, 3.8) is 0 Å². The maximum Gasteiger partial charge on any atom is 0.200 e. The van der Waals surface area contributed by atoms with Crippen LogP contribution in [0.1, 0.15) is 39.7 Å². The number of pyridine rings is 1. The third-order valence-electron chi connectivity index (χ3n) is 4.17. The van der Waals surface area contributed by atoms with E-state index in [-0.39, 0.29) is 11.2 Å². The standard InChI is InChI=1S/C16H19NO2/c1-8-7-13-14(10(3)9(8)2)16(19)15(12(5)18)11(4)17(13)6/h7H,1-6H3. The number of nitrogens with zero attached hydrogens (tertiary/aromatic N) is 1. The summed E-state index contributed by atoms with van der Waals surface area (Å²) in [6, 6.07) is 2.02. The molecule has 0 saturated heterocycles. The average molecular weight is 257 g/mol. The van der Waals surface area contributed by atoms with Gasteiger partial charge < -0.3 is 4.57 Å². The Morgan fingerprint density at radius 1 is 1.11 bits per heavy atom. The summed E-state index contributed by atoms with van der Waals surface area (Å²) in [5.41, 5.74) is 5.04. The Labute approximate surface area is 112 Å². The number of rotatable bonds is 1. The van der Waals surface area contributed by atoms with Gasteiger partial charge in [0.1, 0.15) is 0 Å². The summed E-state index contributed by atoms with van der Waals surface area (Å²) in [7, 11) is 1.90. The topological polar surface area (TPSA) is 39.1 Å². The van der Waals surface area contributed by atoms with E-state index in [9.17, 15) is 9.59 Å². The average Bonchev–Trinajstić information content (AvgIpc) is 2.32. The van der Waals surface area contributed by atoms with Crippen LogP contribution in [-0.2, 0) is 7.05 Å². The molecule has 1 aromatic carbocycles. The smallest absolute Gasteiger partial charge is 0.200 e. The minimum Gasteiger partial charge on any atom is -0.347 e. The molecule has 2 aromatic rings. The van der Waals surface area contributed by atoms with Crippen LogP contribution in [0.25, 0.3) is 10.9 Å². The van der Waals surface area contributed by atoms with Gasteiger partial charge >= 0.3 is 0 Å². The second kappa shape index (κ2) is 4.34. The molecule has 0 aliphatic carbocycles. The van der Waals surface area contributed by atoms with Crippen LogP contribution in [0.2, 0.25) is 0 Å². The largest absolute Gasteiger partial charge is 0.347 e. The van der Waals surface area contributed by atoms with E-state index in [1.54, 1.807) is 0 Å². The van der Waals surface area contributed by atoms with Gasteiger partial charge in [0.2, 0.25) is 5.43 Å². The van der Waals surface area contributed by atoms with Gasteiger partial charge in [0, 0.05) is 18.1 Å². The fraction of sp³-hybridized carbons (Fsp3) is 0.375. The molecule has 3 heteroatoms. The van der Waals surface area contributed by atoms with Crippen molar-refractivity contribution in [3.05, 3.63) is 44.2 Å². The molecular formula is C16H19NO2. The molecule has 1 aromatic heterocycles. The molecule has 0 atom stereocenters. The van der Waals surface area contributed by atoms with Crippen LogP contribution in [0.15, 0.2) is 10.9 Å². The van der Waals surface area contributed by atoms with E-state index in [1.165, 1.54) is 6.92 Å². The van der Waals surface area contributed by atoms with Gasteiger partial charge in [0.25, 0.3) is 0 Å². The van der Waals surface area contributed by atoms with E-state index in [0.717, 1.165) is 27.9 Å². The quantitative estimate of drug-likeness (QED) is 0.737. The molecule has 0 aliphatic rings. The van der Waals surface area contributed by atoms with E-state index in [2.05, 4.69) is 0 Å². The van der Waals surface area contributed by atoms with E-state index in [1.807, 2.05) is 45.4 Å². The second-order valence-electron chi connectivity index (χ2n) is 5.24. The van der Waals surface area contributed by atoms with Gasteiger partial charge in [-0.2, -0.15) is 0 Å². The predicted molar refractivity (Wildman–Crippen MR) is 78.1 cm³/mol. The summed E-state index contributed by atoms with van der Waals surface area (Å²) in [6.45, 7) is 9.27. The molecule has 3 nitrogen and oxygen atoms in total. The lowest BCUT2D eigenvalue weighted by molar-refractivity contribution is 0.101. The predicted octanol–water partition coefficient (Wildman–Crippen LogP) is 2.97. The molecule has 19 heavy (non-hydrogen) atoms. The Kier molecular flexibility index (Phi) is 3.09. The Morgan fingerprint density at radius 3 is 2.21 bits per heavy atom. The molecule has 100 valence electrons. The van der Waals surface area contributed by atoms with Crippen molar-refractivity contribution >= 4 is 16.7 Å². The van der Waals surface area contributed by atoms with Gasteiger partial charge in [-0.15, -0.1) is 0 Å². The third kappa shape index (κ3) is 1.81. The molecule has 0 fully saturated rings. The third-order valence-corrected chi connectivity index (χ3v) is 4.17. The molecule has 0 N–H and O–H groups in total. The molecule has 0 saturated carbocycles. The van der Waals surface area contributed by atoms with E-state index < -0.39 is 0 Å². The van der Waals surface area contributed by atoms with Crippen LogP contribution in [0.3, 0.4) is 0 Å². The summed E-state index contributed by atoms with van der Waals surface area (Å²) in [5, 5.41) is 0.668. The van der Waals surface area contributed by atoms with Gasteiger partial charge in [0.15, 0.2) is 5.78 Å². The molecule has 0 unspecified atom stereocenters. The first-order valence-corrected chi connectivity index (χ1v) is 6.38. The molecule has 0 radical (unpaired) electrons. The highest BCUT2D eigenvalue weighted by molar-refractivity contribution is 5.99. The maximum atomic E-state index is 12.6. The van der Waals surface area contributed by atoms with E-state index in [0.29, 0.717) is 10.9 Å². The van der Waals surface area contributed by atoms with Gasteiger partial charge in [-0.1, -0.05) is 0 Å². The first kappa shape index (κ1) is 13.5. The van der Waals surface area contributed by atoms with Crippen molar-refractivity contribution < 1.29 is 4.79 Å². The number of hydrogen-bond acceptors (Lipinski definition) is 2. The lowest BCUT2D eigenvalue weighted by Gasteiger charge is -2.16. The Morgan fingerprint density at radius 2 is 1.68 bits per heavy atom. The zero-order valence-corrected chi connectivity index (χ0v) is 12.3. The number of benzene rings is 1. The van der Waals surface area contributed by atoms with Gasteiger partial charge in [-0.05, 0) is 57.4 Å². The van der Waals surface area contributed by atoms with Crippen molar-refractivity contribution in [1.29, 1.82) is 0 Å². The summed E-state index contributed by atoms with van der Waals surface area (Å²) in [4.78, 5) is 24.3. The number of hydrogen-bond donors (Lipinski definition) is 0. The number of Topliss-reactive ketones (excluding diaryl/α,β-unsaturated/α-hetero) is 1. The second-order valence-corrected chi connectivity index (χ2v) is 5.24. The monoisotopic (exact) mass is 257 g/mol. The maximum absolute atomic E-state index is 12.6. The van der Waals surface area contributed by atoms with Gasteiger partial charge in [-0.3, -0.25) is 9.59 Å². The Hall–Kier alpha value is -1.90. The number of carbonyl (C=O) groups excluding carboxylic acids is 1. The molecule has 1 heterocycles. The van der Waals surface area contributed by atoms with Crippen LogP contribution in [0.4, 0.5) is 0 Å². The molecule has 0 spiro atoms. The molecule has 2 rings (SSSR count). The highest BCUT2D eigenvalue weighted by Gasteiger charge is 2.18. The zero-order valence-electron chi connectivity index (χ0n) is 12.3. The molecule has 0 amide bonds. The van der Waals surface area contributed by atoms with Crippen molar-refractivity contribution in [2.24, 2.45) is 7.05 Å². The van der Waals surface area contributed by atoms with Crippen molar-refractivity contribution in [2.75, 3.05) is 0 Å². The fourth-order valence-electron chi connectivity index (χ4n) is 2.66. The fourth-order valence-corrected chi connectivity index (χ4v) is 2.66. The normalized spacial score (nSPS) is 11.1. The van der Waals surface area contributed by atoms with E-state index >= 15 is 0 Å². The Bertz CT molecular complexity index is 767. The molecule has 0 aliphatic heterocycles. The highest BCUT2D eigenvalue weighted by Crippen LogP contribution is 2.24. The summed E-state index contributed by atoms with van der Waals surface area (Å²) < 4.78 is 1.94. The number of carbonyl (C=O) groups is 1. The highest BCUT2D eigenvalue weighted by atomic mass is 16.1. The van der Waals surface area contributed by atoms with Crippen molar-refractivity contribution in [1.82, 2.24) is 4.57 Å².